The molecule has 1 N–H and O–H groups in total. The smallest absolute Gasteiger partial charge is 0.305 e. The highest BCUT2D eigenvalue weighted by atomic mass is 19.4. The number of alkyl halides is 3. The van der Waals surface area contributed by atoms with Gasteiger partial charge in [-0.1, -0.05) is 18.2 Å². The molecule has 0 unspecified atom stereocenters. The van der Waals surface area contributed by atoms with Gasteiger partial charge in [0.15, 0.2) is 5.82 Å². The normalized spacial score (nSPS) is 11.4. The Balaban J connectivity index is 2.02. The van der Waals surface area contributed by atoms with Crippen molar-refractivity contribution in [2.24, 2.45) is 7.05 Å². The van der Waals surface area contributed by atoms with Gasteiger partial charge in [-0.2, -0.15) is 18.3 Å². The van der Waals surface area contributed by atoms with Crippen molar-refractivity contribution in [3.05, 3.63) is 65.9 Å². The fraction of sp³-hybridized carbons (Fsp3) is 0.118. The van der Waals surface area contributed by atoms with Crippen LogP contribution in [0.15, 0.2) is 48.9 Å². The summed E-state index contributed by atoms with van der Waals surface area (Å²) in [6, 6.07) is 5.94. The van der Waals surface area contributed by atoms with E-state index in [1.807, 2.05) is 0 Å². The van der Waals surface area contributed by atoms with Crippen LogP contribution < -0.4 is 5.32 Å². The second-order valence-corrected chi connectivity index (χ2v) is 5.45. The number of rotatable bonds is 3. The quantitative estimate of drug-likeness (QED) is 0.718. The molecule has 3 rings (SSSR count). The average molecular weight is 364 g/mol. The first-order valence-corrected chi connectivity index (χ1v) is 7.38. The number of halogens is 4. The summed E-state index contributed by atoms with van der Waals surface area (Å²) >= 11 is 0. The molecule has 0 bridgehead atoms. The minimum atomic E-state index is -4.57. The van der Waals surface area contributed by atoms with Crippen LogP contribution in [0.4, 0.5) is 23.4 Å². The van der Waals surface area contributed by atoms with Gasteiger partial charge in [-0.25, -0.2) is 4.39 Å². The van der Waals surface area contributed by atoms with E-state index in [-0.39, 0.29) is 22.5 Å². The molecule has 0 aliphatic heterocycles. The zero-order valence-corrected chi connectivity index (χ0v) is 13.4. The molecule has 26 heavy (non-hydrogen) atoms. The summed E-state index contributed by atoms with van der Waals surface area (Å²) in [6.07, 6.45) is -1.13. The Morgan fingerprint density at radius 3 is 2.58 bits per heavy atom. The second kappa shape index (κ2) is 6.58. The van der Waals surface area contributed by atoms with Crippen molar-refractivity contribution in [1.29, 1.82) is 0 Å². The highest BCUT2D eigenvalue weighted by Gasteiger charge is 2.34. The van der Waals surface area contributed by atoms with Crippen LogP contribution in [-0.2, 0) is 13.2 Å². The maximum atomic E-state index is 13.3. The number of amides is 1. The number of carbonyl (C=O) groups excluding carboxylic acids is 1. The van der Waals surface area contributed by atoms with E-state index >= 15 is 0 Å². The number of hydrogen-bond acceptors (Lipinski definition) is 3. The Bertz CT molecular complexity index is 965. The fourth-order valence-electron chi connectivity index (χ4n) is 2.46. The van der Waals surface area contributed by atoms with Gasteiger partial charge in [-0.3, -0.25) is 14.5 Å². The molecule has 0 fully saturated rings. The Labute approximate surface area is 145 Å². The number of hydrogen-bond donors (Lipinski definition) is 1. The maximum Gasteiger partial charge on any atom is 0.417 e. The number of aromatic nitrogens is 3. The monoisotopic (exact) mass is 364 g/mol. The van der Waals surface area contributed by atoms with Crippen LogP contribution in [0.1, 0.15) is 15.9 Å². The first-order chi connectivity index (χ1) is 12.3. The summed E-state index contributed by atoms with van der Waals surface area (Å²) in [6.45, 7) is 0. The summed E-state index contributed by atoms with van der Waals surface area (Å²) in [5.74, 6) is -1.51. The zero-order chi connectivity index (χ0) is 18.9. The summed E-state index contributed by atoms with van der Waals surface area (Å²) in [4.78, 5) is 15.8. The van der Waals surface area contributed by atoms with Crippen molar-refractivity contribution in [3.8, 4) is 11.1 Å². The standard InChI is InChI=1S/C17H12F4N4O/c1-25-9-13(12-4-2-3-5-14(12)17(19,20)21)15(24-25)23-16(26)10-6-11(18)8-22-7-10/h2-9H,1H3,(H,23,24,26). The third-order valence-electron chi connectivity index (χ3n) is 3.55. The first-order valence-electron chi connectivity index (χ1n) is 7.38. The van der Waals surface area contributed by atoms with E-state index in [2.05, 4.69) is 15.4 Å². The van der Waals surface area contributed by atoms with Crippen LogP contribution in [0.2, 0.25) is 0 Å². The lowest BCUT2D eigenvalue weighted by Gasteiger charge is -2.12. The number of pyridine rings is 1. The molecule has 0 spiro atoms. The SMILES string of the molecule is Cn1cc(-c2ccccc2C(F)(F)F)c(NC(=O)c2cncc(F)c2)n1. The predicted octanol–water partition coefficient (Wildman–Crippen LogP) is 3.89. The van der Waals surface area contributed by atoms with Gasteiger partial charge in [0, 0.05) is 25.0 Å². The Morgan fingerprint density at radius 2 is 1.88 bits per heavy atom. The molecule has 0 saturated carbocycles. The van der Waals surface area contributed by atoms with E-state index in [9.17, 15) is 22.4 Å². The molecule has 2 heterocycles. The molecular formula is C17H12F4N4O. The molecule has 0 saturated heterocycles. The molecule has 5 nitrogen and oxygen atoms in total. The number of nitrogens with one attached hydrogen (secondary N) is 1. The van der Waals surface area contributed by atoms with Gasteiger partial charge in [0.25, 0.3) is 5.91 Å². The minimum Gasteiger partial charge on any atom is -0.305 e. The van der Waals surface area contributed by atoms with Crippen LogP contribution >= 0.6 is 0 Å². The second-order valence-electron chi connectivity index (χ2n) is 5.45. The number of anilines is 1. The largest absolute Gasteiger partial charge is 0.417 e. The van der Waals surface area contributed by atoms with E-state index in [1.54, 1.807) is 0 Å². The Hall–Kier alpha value is -3.23. The molecule has 2 aromatic heterocycles. The summed E-state index contributed by atoms with van der Waals surface area (Å²) in [5, 5.41) is 6.41. The highest BCUT2D eigenvalue weighted by molar-refractivity contribution is 6.05. The van der Waals surface area contributed by atoms with Crippen LogP contribution in [0.25, 0.3) is 11.1 Å². The van der Waals surface area contributed by atoms with Gasteiger partial charge < -0.3 is 5.32 Å². The lowest BCUT2D eigenvalue weighted by molar-refractivity contribution is -0.137. The van der Waals surface area contributed by atoms with Gasteiger partial charge in [-0.15, -0.1) is 0 Å². The third-order valence-corrected chi connectivity index (χ3v) is 3.55. The summed E-state index contributed by atoms with van der Waals surface area (Å²) in [7, 11) is 1.51. The van der Waals surface area contributed by atoms with Gasteiger partial charge in [-0.05, 0) is 17.7 Å². The highest BCUT2D eigenvalue weighted by Crippen LogP contribution is 2.39. The van der Waals surface area contributed by atoms with E-state index in [1.165, 1.54) is 36.1 Å². The number of benzene rings is 1. The van der Waals surface area contributed by atoms with Crippen molar-refractivity contribution in [2.45, 2.75) is 6.18 Å². The summed E-state index contributed by atoms with van der Waals surface area (Å²) in [5.41, 5.74) is -0.958. The first kappa shape index (κ1) is 17.6. The van der Waals surface area contributed by atoms with Gasteiger partial charge in [0.1, 0.15) is 5.82 Å². The average Bonchev–Trinajstić information content (AvgIpc) is 2.94. The van der Waals surface area contributed by atoms with Crippen LogP contribution in [0, 0.1) is 5.82 Å². The molecule has 9 heteroatoms. The van der Waals surface area contributed by atoms with Crippen molar-refractivity contribution in [1.82, 2.24) is 14.8 Å². The molecule has 1 amide bonds. The van der Waals surface area contributed by atoms with Crippen molar-refractivity contribution in [2.75, 3.05) is 5.32 Å². The molecular weight excluding hydrogens is 352 g/mol. The van der Waals surface area contributed by atoms with Gasteiger partial charge >= 0.3 is 6.18 Å². The molecule has 3 aromatic rings. The van der Waals surface area contributed by atoms with Gasteiger partial charge in [0.05, 0.1) is 17.3 Å². The molecule has 0 radical (unpaired) electrons. The van der Waals surface area contributed by atoms with E-state index in [4.69, 9.17) is 0 Å². The topological polar surface area (TPSA) is 59.8 Å². The fourth-order valence-corrected chi connectivity index (χ4v) is 2.46. The number of nitrogens with zero attached hydrogens (tertiary/aromatic N) is 3. The molecule has 0 aliphatic carbocycles. The van der Waals surface area contributed by atoms with E-state index < -0.39 is 23.5 Å². The molecule has 1 aromatic carbocycles. The zero-order valence-electron chi connectivity index (χ0n) is 13.4. The molecule has 134 valence electrons. The lowest BCUT2D eigenvalue weighted by atomic mass is 10.0. The Morgan fingerprint density at radius 1 is 1.15 bits per heavy atom. The Kier molecular flexibility index (Phi) is 4.45. The van der Waals surface area contributed by atoms with Crippen molar-refractivity contribution < 1.29 is 22.4 Å². The van der Waals surface area contributed by atoms with E-state index in [0.29, 0.717) is 0 Å². The summed E-state index contributed by atoms with van der Waals surface area (Å²) < 4.78 is 54.3. The predicted molar refractivity (Wildman–Crippen MR) is 85.8 cm³/mol. The van der Waals surface area contributed by atoms with Crippen molar-refractivity contribution >= 4 is 11.7 Å². The third kappa shape index (κ3) is 3.56. The molecule has 0 aliphatic rings. The van der Waals surface area contributed by atoms with Crippen molar-refractivity contribution in [3.63, 3.8) is 0 Å². The van der Waals surface area contributed by atoms with Gasteiger partial charge in [0.2, 0.25) is 0 Å². The lowest BCUT2D eigenvalue weighted by Crippen LogP contribution is -2.14. The minimum absolute atomic E-state index is 0.0709. The number of carbonyl (C=O) groups is 1. The van der Waals surface area contributed by atoms with Crippen LogP contribution in [0.3, 0.4) is 0 Å². The maximum absolute atomic E-state index is 13.3. The van der Waals surface area contributed by atoms with Crippen LogP contribution in [-0.4, -0.2) is 20.7 Å². The molecule has 0 atom stereocenters. The van der Waals surface area contributed by atoms with E-state index in [0.717, 1.165) is 24.5 Å². The van der Waals surface area contributed by atoms with Crippen LogP contribution in [0.5, 0.6) is 0 Å². The number of aryl methyl sites for hydroxylation is 1.